The summed E-state index contributed by atoms with van der Waals surface area (Å²) in [4.78, 5) is 57.0. The quantitative estimate of drug-likeness (QED) is 0.104. The molecule has 4 saturated carbocycles. The number of amides is 4. The normalized spacial score (nSPS) is 31.8. The fraction of sp³-hybridized carbons (Fsp3) is 0.917. The van der Waals surface area contributed by atoms with Crippen molar-refractivity contribution in [3.05, 3.63) is 0 Å². The van der Waals surface area contributed by atoms with E-state index in [9.17, 15) is 19.2 Å². The minimum Gasteiger partial charge on any atom is -0.353 e. The van der Waals surface area contributed by atoms with Crippen LogP contribution in [0, 0.1) is 59.2 Å². The summed E-state index contributed by atoms with van der Waals surface area (Å²) >= 11 is 0. The lowest BCUT2D eigenvalue weighted by atomic mass is 9.77. The summed E-state index contributed by atoms with van der Waals surface area (Å²) in [6.07, 6.45) is 20.7. The molecule has 0 heterocycles. The van der Waals surface area contributed by atoms with E-state index in [0.717, 1.165) is 116 Å². The van der Waals surface area contributed by atoms with E-state index in [2.05, 4.69) is 76.7 Å². The van der Waals surface area contributed by atoms with Crippen LogP contribution in [0.5, 0.6) is 0 Å². The Morgan fingerprint density at radius 3 is 0.804 bits per heavy atom. The third-order valence-electron chi connectivity index (χ3n) is 16.3. The lowest BCUT2D eigenvalue weighted by molar-refractivity contribution is -0.141. The van der Waals surface area contributed by atoms with Crippen molar-refractivity contribution >= 4 is 23.6 Å². The molecule has 0 bridgehead atoms. The Balaban J connectivity index is 1.51. The summed E-state index contributed by atoms with van der Waals surface area (Å²) in [6.45, 7) is 18.3. The second-order valence-corrected chi connectivity index (χ2v) is 19.8. The minimum atomic E-state index is -0.915. The second kappa shape index (κ2) is 23.5. The van der Waals surface area contributed by atoms with Crippen molar-refractivity contribution in [2.24, 2.45) is 59.2 Å². The number of nitrogens with one attached hydrogen (secondary N) is 4. The average molecular weight is 783 g/mol. The van der Waals surface area contributed by atoms with Gasteiger partial charge in [-0.1, -0.05) is 81.1 Å². The fourth-order valence-corrected chi connectivity index (χ4v) is 11.1. The van der Waals surface area contributed by atoms with Gasteiger partial charge in [-0.15, -0.1) is 0 Å². The van der Waals surface area contributed by atoms with Gasteiger partial charge in [-0.3, -0.25) is 19.2 Å². The predicted octanol–water partition coefficient (Wildman–Crippen LogP) is 9.88. The first-order valence-corrected chi connectivity index (χ1v) is 24.0. The van der Waals surface area contributed by atoms with Gasteiger partial charge < -0.3 is 21.3 Å². The van der Waals surface area contributed by atoms with Crippen LogP contribution in [-0.2, 0) is 19.2 Å². The van der Waals surface area contributed by atoms with Crippen LogP contribution in [0.4, 0.5) is 0 Å². The van der Waals surface area contributed by atoms with Gasteiger partial charge in [0.15, 0.2) is 0 Å². The maximum Gasteiger partial charge on any atom is 0.224 e. The summed E-state index contributed by atoms with van der Waals surface area (Å²) in [5.74, 6) is 2.77. The van der Waals surface area contributed by atoms with E-state index >= 15 is 0 Å². The molecular weight excluding hydrogens is 697 g/mol. The molecule has 8 heteroatoms. The molecule has 0 aromatic heterocycles. The van der Waals surface area contributed by atoms with Crippen LogP contribution in [0.2, 0.25) is 0 Å². The van der Waals surface area contributed by atoms with Gasteiger partial charge in [-0.25, -0.2) is 0 Å². The highest BCUT2D eigenvalue weighted by molar-refractivity contribution is 5.94. The number of rotatable bonds is 19. The molecule has 322 valence electrons. The van der Waals surface area contributed by atoms with Crippen molar-refractivity contribution in [3.63, 3.8) is 0 Å². The third kappa shape index (κ3) is 14.0. The lowest BCUT2D eigenvalue weighted by Crippen LogP contribution is -2.51. The first-order chi connectivity index (χ1) is 26.8. The molecule has 0 aromatic rings. The highest BCUT2D eigenvalue weighted by Gasteiger charge is 2.40. The van der Waals surface area contributed by atoms with Crippen molar-refractivity contribution < 1.29 is 19.2 Å². The van der Waals surface area contributed by atoms with Crippen molar-refractivity contribution in [1.82, 2.24) is 21.3 Å². The Kier molecular flexibility index (Phi) is 19.5. The van der Waals surface area contributed by atoms with Gasteiger partial charge in [-0.05, 0) is 150 Å². The number of carbonyl (C=O) groups excluding carboxylic acids is 4. The molecule has 6 unspecified atom stereocenters. The summed E-state index contributed by atoms with van der Waals surface area (Å²) in [7, 11) is 0. The molecule has 6 atom stereocenters. The summed E-state index contributed by atoms with van der Waals surface area (Å²) in [6, 6.07) is 0.227. The van der Waals surface area contributed by atoms with E-state index in [1.807, 2.05) is 0 Å². The van der Waals surface area contributed by atoms with Crippen molar-refractivity contribution in [2.45, 2.75) is 221 Å². The lowest BCUT2D eigenvalue weighted by Gasteiger charge is -2.36. The van der Waals surface area contributed by atoms with Gasteiger partial charge in [0.05, 0.1) is 11.8 Å². The first-order valence-electron chi connectivity index (χ1n) is 24.0. The first kappa shape index (κ1) is 46.6. The molecule has 0 radical (unpaired) electrons. The molecule has 4 fully saturated rings. The van der Waals surface area contributed by atoms with Gasteiger partial charge in [0.2, 0.25) is 23.6 Å². The van der Waals surface area contributed by atoms with Crippen LogP contribution in [0.15, 0.2) is 0 Å². The highest BCUT2D eigenvalue weighted by Crippen LogP contribution is 2.36. The molecule has 0 aliphatic heterocycles. The Morgan fingerprint density at radius 1 is 0.375 bits per heavy atom. The largest absolute Gasteiger partial charge is 0.353 e. The fourth-order valence-electron chi connectivity index (χ4n) is 11.1. The third-order valence-corrected chi connectivity index (χ3v) is 16.3. The molecule has 0 saturated heterocycles. The average Bonchev–Trinajstić information content (AvgIpc) is 3.21. The second-order valence-electron chi connectivity index (χ2n) is 19.8. The SMILES string of the molecule is CCC(C)C1CCC(NC(=O)CC(C(=O)NC2CCC(C(C)CC)CC2)C(CC(=O)NC2CCC(C(C)CC)CC2)C(=O)NC2CCC(C(C)CC)CC2)CC1. The van der Waals surface area contributed by atoms with E-state index in [1.165, 1.54) is 12.8 Å². The molecular formula is C48H86N4O4. The van der Waals surface area contributed by atoms with Crippen LogP contribution in [0.25, 0.3) is 0 Å². The van der Waals surface area contributed by atoms with E-state index in [-0.39, 0.29) is 60.6 Å². The topological polar surface area (TPSA) is 116 Å². The maximum atomic E-state index is 14.5. The molecule has 0 spiro atoms. The molecule has 4 amide bonds. The van der Waals surface area contributed by atoms with Crippen molar-refractivity contribution in [2.75, 3.05) is 0 Å². The van der Waals surface area contributed by atoms with Crippen LogP contribution in [0.1, 0.15) is 197 Å². The molecule has 4 aliphatic carbocycles. The highest BCUT2D eigenvalue weighted by atomic mass is 16.2. The Labute approximate surface area is 343 Å². The summed E-state index contributed by atoms with van der Waals surface area (Å²) in [5.41, 5.74) is 0. The number of hydrogen-bond acceptors (Lipinski definition) is 4. The van der Waals surface area contributed by atoms with Gasteiger partial charge in [0, 0.05) is 37.0 Å². The van der Waals surface area contributed by atoms with Gasteiger partial charge >= 0.3 is 0 Å². The zero-order valence-electron chi connectivity index (χ0n) is 37.3. The molecule has 4 rings (SSSR count). The smallest absolute Gasteiger partial charge is 0.224 e. The zero-order valence-corrected chi connectivity index (χ0v) is 37.3. The Bertz CT molecular complexity index is 1100. The van der Waals surface area contributed by atoms with E-state index in [0.29, 0.717) is 47.3 Å². The maximum absolute atomic E-state index is 14.5. The van der Waals surface area contributed by atoms with Crippen molar-refractivity contribution in [3.8, 4) is 0 Å². The molecule has 4 aliphatic rings. The van der Waals surface area contributed by atoms with Crippen LogP contribution >= 0.6 is 0 Å². The molecule has 0 aromatic carbocycles. The van der Waals surface area contributed by atoms with Gasteiger partial charge in [-0.2, -0.15) is 0 Å². The van der Waals surface area contributed by atoms with Crippen LogP contribution in [-0.4, -0.2) is 47.8 Å². The van der Waals surface area contributed by atoms with Gasteiger partial charge in [0.1, 0.15) is 0 Å². The molecule has 8 nitrogen and oxygen atoms in total. The Morgan fingerprint density at radius 2 is 0.589 bits per heavy atom. The molecule has 56 heavy (non-hydrogen) atoms. The number of carbonyl (C=O) groups is 4. The number of hydrogen-bond donors (Lipinski definition) is 4. The van der Waals surface area contributed by atoms with Crippen LogP contribution < -0.4 is 21.3 Å². The zero-order chi connectivity index (χ0) is 40.8. The summed E-state index contributed by atoms with van der Waals surface area (Å²) < 4.78 is 0. The monoisotopic (exact) mass is 783 g/mol. The minimum absolute atomic E-state index is 0.0262. The Hall–Kier alpha value is -2.12. The summed E-state index contributed by atoms with van der Waals surface area (Å²) in [5, 5.41) is 13.3. The van der Waals surface area contributed by atoms with E-state index < -0.39 is 11.8 Å². The van der Waals surface area contributed by atoms with E-state index in [1.54, 1.807) is 0 Å². The molecule has 4 N–H and O–H groups in total. The van der Waals surface area contributed by atoms with Gasteiger partial charge in [0.25, 0.3) is 0 Å². The van der Waals surface area contributed by atoms with E-state index in [4.69, 9.17) is 0 Å². The van der Waals surface area contributed by atoms with Crippen LogP contribution in [0.3, 0.4) is 0 Å². The predicted molar refractivity (Wildman–Crippen MR) is 230 cm³/mol. The van der Waals surface area contributed by atoms with Crippen molar-refractivity contribution in [1.29, 1.82) is 0 Å². The standard InChI is InChI=1S/C48H86N4O4/c1-9-31(5)35-13-21-39(22-14-35)49-45(53)29-43(47(55)51-41-25-17-37(18-26-41)33(7)11-3)44(48(56)52-42-27-19-38(20-28-42)34(8)12-4)30-46(54)50-40-23-15-36(16-24-40)32(6)10-2/h31-44H,9-30H2,1-8H3,(H,49,53)(H,50,54)(H,51,55)(H,52,56).